The number of morpholine rings is 1. The number of carbonyl (C=O) groups is 1. The first-order valence-corrected chi connectivity index (χ1v) is 10.5. The van der Waals surface area contributed by atoms with E-state index in [1.807, 2.05) is 23.1 Å². The maximum Gasteiger partial charge on any atom is 0.261 e. The van der Waals surface area contributed by atoms with Gasteiger partial charge in [0.2, 0.25) is 5.91 Å². The summed E-state index contributed by atoms with van der Waals surface area (Å²) in [4.78, 5) is 35.0. The van der Waals surface area contributed by atoms with E-state index in [1.54, 1.807) is 6.92 Å². The summed E-state index contributed by atoms with van der Waals surface area (Å²) in [5, 5.41) is 9.64. The van der Waals surface area contributed by atoms with Gasteiger partial charge in [0, 0.05) is 58.4 Å². The fraction of sp³-hybridized carbons (Fsp3) is 0.571. The third-order valence-corrected chi connectivity index (χ3v) is 5.93. The van der Waals surface area contributed by atoms with E-state index in [0.29, 0.717) is 30.6 Å². The van der Waals surface area contributed by atoms with Crippen LogP contribution in [-0.2, 0) is 16.1 Å². The van der Waals surface area contributed by atoms with E-state index in [4.69, 9.17) is 9.84 Å². The van der Waals surface area contributed by atoms with Gasteiger partial charge in [-0.15, -0.1) is 0 Å². The number of amides is 1. The lowest BCUT2D eigenvalue weighted by Crippen LogP contribution is -2.53. The Morgan fingerprint density at radius 1 is 1.23 bits per heavy atom. The van der Waals surface area contributed by atoms with E-state index < -0.39 is 0 Å². The average Bonchev–Trinajstić information content (AvgIpc) is 2.76. The topological polar surface area (TPSA) is 91.1 Å². The summed E-state index contributed by atoms with van der Waals surface area (Å²) in [5.41, 5.74) is 1.61. The van der Waals surface area contributed by atoms with Gasteiger partial charge in [-0.25, -0.2) is 4.98 Å². The van der Waals surface area contributed by atoms with Gasteiger partial charge >= 0.3 is 0 Å². The Hall–Kier alpha value is -2.49. The van der Waals surface area contributed by atoms with Gasteiger partial charge in [-0.2, -0.15) is 0 Å². The van der Waals surface area contributed by atoms with E-state index in [2.05, 4.69) is 14.8 Å². The van der Waals surface area contributed by atoms with Crippen LogP contribution in [0.15, 0.2) is 29.3 Å². The van der Waals surface area contributed by atoms with Crippen molar-refractivity contribution in [1.29, 1.82) is 0 Å². The number of ether oxygens (including phenoxy) is 1. The van der Waals surface area contributed by atoms with Crippen molar-refractivity contribution >= 4 is 22.5 Å². The molecular weight excluding hydrogens is 386 g/mol. The fourth-order valence-electron chi connectivity index (χ4n) is 4.20. The zero-order chi connectivity index (χ0) is 21.1. The van der Waals surface area contributed by atoms with Gasteiger partial charge in [0.05, 0.1) is 43.1 Å². The van der Waals surface area contributed by atoms with Crippen LogP contribution in [0.1, 0.15) is 6.92 Å². The molecule has 1 unspecified atom stereocenters. The van der Waals surface area contributed by atoms with Crippen LogP contribution in [0.25, 0.3) is 10.9 Å². The van der Waals surface area contributed by atoms with Crippen LogP contribution in [0.3, 0.4) is 0 Å². The lowest BCUT2D eigenvalue weighted by Gasteiger charge is -2.39. The number of hydrogen-bond donors (Lipinski definition) is 1. The number of aliphatic hydroxyl groups is 1. The van der Waals surface area contributed by atoms with Gasteiger partial charge in [-0.3, -0.25) is 19.1 Å². The van der Waals surface area contributed by atoms with Crippen molar-refractivity contribution in [2.75, 3.05) is 63.9 Å². The second-order valence-electron chi connectivity index (χ2n) is 7.91. The second kappa shape index (κ2) is 9.11. The minimum absolute atomic E-state index is 0.0696. The lowest BCUT2D eigenvalue weighted by molar-refractivity contribution is -0.137. The molecule has 4 rings (SSSR count). The number of carbonyl (C=O) groups excluding carboxylic acids is 1. The number of piperazine rings is 1. The van der Waals surface area contributed by atoms with E-state index in [-0.39, 0.29) is 30.7 Å². The Bertz CT molecular complexity index is 954. The lowest BCUT2D eigenvalue weighted by atomic mass is 10.1. The third-order valence-electron chi connectivity index (χ3n) is 5.93. The van der Waals surface area contributed by atoms with E-state index >= 15 is 0 Å². The third kappa shape index (κ3) is 4.48. The Morgan fingerprint density at radius 2 is 2.03 bits per heavy atom. The molecular formula is C21H29N5O4. The molecule has 9 heteroatoms. The Morgan fingerprint density at radius 3 is 2.77 bits per heavy atom. The molecule has 1 N–H and O–H groups in total. The molecule has 9 nitrogen and oxygen atoms in total. The Labute approximate surface area is 175 Å². The quantitative estimate of drug-likeness (QED) is 0.721. The number of aliphatic hydroxyl groups excluding tert-OH is 1. The minimum Gasteiger partial charge on any atom is -0.395 e. The Kier molecular flexibility index (Phi) is 6.31. The van der Waals surface area contributed by atoms with Crippen LogP contribution in [0.4, 0.5) is 5.69 Å². The second-order valence-corrected chi connectivity index (χ2v) is 7.91. The molecule has 0 spiro atoms. The number of rotatable bonds is 5. The largest absolute Gasteiger partial charge is 0.395 e. The highest BCUT2D eigenvalue weighted by atomic mass is 16.5. The Balaban J connectivity index is 1.37. The highest BCUT2D eigenvalue weighted by Gasteiger charge is 2.26. The first kappa shape index (κ1) is 20.8. The number of nitrogens with zero attached hydrogens (tertiary/aromatic N) is 5. The monoisotopic (exact) mass is 415 g/mol. The highest BCUT2D eigenvalue weighted by molar-refractivity contribution is 5.81. The molecule has 30 heavy (non-hydrogen) atoms. The van der Waals surface area contributed by atoms with Crippen LogP contribution in [0.2, 0.25) is 0 Å². The van der Waals surface area contributed by atoms with Gasteiger partial charge in [0.15, 0.2) is 0 Å². The standard InChI is InChI=1S/C21H29N5O4/c1-16(28)25-9-11-30-18(14-25)13-23-4-6-24(7-5-23)17-2-3-19-20(12-17)22-15-26(8-10-27)21(19)29/h2-3,12,15,18,27H,4-11,13-14H2,1H3. The predicted octanol–water partition coefficient (Wildman–Crippen LogP) is -0.242. The molecule has 3 heterocycles. The molecule has 2 saturated heterocycles. The smallest absolute Gasteiger partial charge is 0.261 e. The normalized spacial score (nSPS) is 20.7. The van der Waals surface area contributed by atoms with Gasteiger partial charge in [0.1, 0.15) is 0 Å². The van der Waals surface area contributed by atoms with Crippen LogP contribution < -0.4 is 10.5 Å². The summed E-state index contributed by atoms with van der Waals surface area (Å²) >= 11 is 0. The van der Waals surface area contributed by atoms with E-state index in [9.17, 15) is 9.59 Å². The van der Waals surface area contributed by atoms with Crippen molar-refractivity contribution in [3.05, 3.63) is 34.9 Å². The summed E-state index contributed by atoms with van der Waals surface area (Å²) < 4.78 is 7.29. The first-order chi connectivity index (χ1) is 14.5. The van der Waals surface area contributed by atoms with E-state index in [1.165, 1.54) is 10.9 Å². The molecule has 1 amide bonds. The maximum atomic E-state index is 12.5. The summed E-state index contributed by atoms with van der Waals surface area (Å²) in [5.74, 6) is 0.112. The molecule has 2 aliphatic rings. The predicted molar refractivity (Wildman–Crippen MR) is 114 cm³/mol. The van der Waals surface area contributed by atoms with Crippen LogP contribution in [0.5, 0.6) is 0 Å². The van der Waals surface area contributed by atoms with Gasteiger partial charge in [-0.05, 0) is 18.2 Å². The van der Waals surface area contributed by atoms with Crippen LogP contribution >= 0.6 is 0 Å². The van der Waals surface area contributed by atoms with Crippen LogP contribution in [0, 0.1) is 0 Å². The molecule has 1 aromatic heterocycles. The zero-order valence-electron chi connectivity index (χ0n) is 17.4. The van der Waals surface area contributed by atoms with Crippen LogP contribution in [-0.4, -0.2) is 95.5 Å². The molecule has 0 bridgehead atoms. The summed E-state index contributed by atoms with van der Waals surface area (Å²) in [6.07, 6.45) is 1.57. The van der Waals surface area contributed by atoms with Crippen molar-refractivity contribution in [2.24, 2.45) is 0 Å². The summed E-state index contributed by atoms with van der Waals surface area (Å²) in [7, 11) is 0. The van der Waals surface area contributed by atoms with Gasteiger partial charge in [0.25, 0.3) is 5.56 Å². The molecule has 2 aliphatic heterocycles. The molecule has 0 radical (unpaired) electrons. The van der Waals surface area contributed by atoms with Gasteiger partial charge in [-0.1, -0.05) is 0 Å². The number of hydrogen-bond acceptors (Lipinski definition) is 7. The maximum absolute atomic E-state index is 12.5. The molecule has 0 aliphatic carbocycles. The number of anilines is 1. The van der Waals surface area contributed by atoms with Crippen molar-refractivity contribution in [3.63, 3.8) is 0 Å². The number of benzene rings is 1. The minimum atomic E-state index is -0.127. The summed E-state index contributed by atoms with van der Waals surface area (Å²) in [6, 6.07) is 5.76. The molecule has 1 atom stereocenters. The molecule has 162 valence electrons. The molecule has 1 aromatic carbocycles. The van der Waals surface area contributed by atoms with Crippen molar-refractivity contribution < 1.29 is 14.6 Å². The van der Waals surface area contributed by atoms with E-state index in [0.717, 1.165) is 38.4 Å². The first-order valence-electron chi connectivity index (χ1n) is 10.5. The SMILES string of the molecule is CC(=O)N1CCOC(CN2CCN(c3ccc4c(=O)n(CCO)cnc4c3)CC2)C1. The van der Waals surface area contributed by atoms with Crippen molar-refractivity contribution in [3.8, 4) is 0 Å². The van der Waals surface area contributed by atoms with Gasteiger partial charge < -0.3 is 19.6 Å². The zero-order valence-corrected chi connectivity index (χ0v) is 17.4. The molecule has 2 aromatic rings. The van der Waals surface area contributed by atoms with Crippen molar-refractivity contribution in [1.82, 2.24) is 19.4 Å². The molecule has 0 saturated carbocycles. The van der Waals surface area contributed by atoms with Crippen molar-refractivity contribution in [2.45, 2.75) is 19.6 Å². The molecule has 2 fully saturated rings. The summed E-state index contributed by atoms with van der Waals surface area (Å²) in [6.45, 7) is 8.17. The number of aromatic nitrogens is 2. The highest BCUT2D eigenvalue weighted by Crippen LogP contribution is 2.21. The number of fused-ring (bicyclic) bond motifs is 1. The fourth-order valence-corrected chi connectivity index (χ4v) is 4.20. The average molecular weight is 415 g/mol.